The van der Waals surface area contributed by atoms with Gasteiger partial charge in [0.15, 0.2) is 11.5 Å². The first-order valence-electron chi connectivity index (χ1n) is 11.7. The molecule has 0 saturated carbocycles. The summed E-state index contributed by atoms with van der Waals surface area (Å²) in [4.78, 5) is 39.7. The summed E-state index contributed by atoms with van der Waals surface area (Å²) in [5.41, 5.74) is 1.65. The summed E-state index contributed by atoms with van der Waals surface area (Å²) in [6, 6.07) is 11.5. The van der Waals surface area contributed by atoms with Crippen LogP contribution < -0.4 is 14.8 Å². The highest BCUT2D eigenvalue weighted by molar-refractivity contribution is 5.97. The van der Waals surface area contributed by atoms with Crippen molar-refractivity contribution in [3.63, 3.8) is 0 Å². The lowest BCUT2D eigenvalue weighted by Crippen LogP contribution is -2.44. The number of hydrogen-bond donors (Lipinski definition) is 1. The van der Waals surface area contributed by atoms with Gasteiger partial charge in [-0.3, -0.25) is 9.59 Å². The minimum Gasteiger partial charge on any atom is -0.493 e. The van der Waals surface area contributed by atoms with E-state index in [1.807, 2.05) is 12.1 Å². The maximum absolute atomic E-state index is 14.5. The maximum Gasteiger partial charge on any atom is 0.336 e. The van der Waals surface area contributed by atoms with Crippen molar-refractivity contribution in [1.82, 2.24) is 10.2 Å². The van der Waals surface area contributed by atoms with E-state index in [-0.39, 0.29) is 48.2 Å². The average molecular weight is 499 g/mol. The molecule has 0 fully saturated rings. The molecule has 1 heterocycles. The molecule has 3 rings (SSSR count). The van der Waals surface area contributed by atoms with Crippen LogP contribution in [0.25, 0.3) is 0 Å². The lowest BCUT2D eigenvalue weighted by atomic mass is 9.83. The first-order valence-corrected chi connectivity index (χ1v) is 11.7. The third-order valence-corrected chi connectivity index (χ3v) is 6.08. The monoisotopic (exact) mass is 498 g/mol. The smallest absolute Gasteiger partial charge is 0.336 e. The van der Waals surface area contributed by atoms with Crippen LogP contribution in [0.2, 0.25) is 0 Å². The Labute approximate surface area is 210 Å². The standard InChI is InChI=1S/C27H31FN2O6/c1-5-36-27(33)26-17(2)30(25(32)15-20(26)19-8-6-7-9-21(19)28)16-24(31)29-13-12-18-10-11-22(34-3)23(14-18)35-4/h6-11,14,20H,5,12-13,15-16H2,1-4H3,(H,29,31). The van der Waals surface area contributed by atoms with E-state index in [0.29, 0.717) is 24.5 Å². The van der Waals surface area contributed by atoms with Gasteiger partial charge in [0.2, 0.25) is 11.8 Å². The van der Waals surface area contributed by atoms with Crippen LogP contribution in [0.4, 0.5) is 4.39 Å². The molecule has 9 heteroatoms. The van der Waals surface area contributed by atoms with E-state index in [0.717, 1.165) is 5.56 Å². The number of esters is 1. The Balaban J connectivity index is 1.73. The molecule has 1 N–H and O–H groups in total. The second-order valence-corrected chi connectivity index (χ2v) is 8.27. The third kappa shape index (κ3) is 6.02. The van der Waals surface area contributed by atoms with Crippen LogP contribution in [-0.2, 0) is 25.5 Å². The number of ether oxygens (including phenoxy) is 3. The first kappa shape index (κ1) is 26.7. The van der Waals surface area contributed by atoms with Gasteiger partial charge in [-0.05, 0) is 49.6 Å². The van der Waals surface area contributed by atoms with Crippen molar-refractivity contribution in [1.29, 1.82) is 0 Å². The summed E-state index contributed by atoms with van der Waals surface area (Å²) in [5.74, 6) is -1.47. The van der Waals surface area contributed by atoms with Gasteiger partial charge >= 0.3 is 5.97 Å². The Morgan fingerprint density at radius 1 is 1.11 bits per heavy atom. The van der Waals surface area contributed by atoms with E-state index in [1.54, 1.807) is 52.3 Å². The van der Waals surface area contributed by atoms with Gasteiger partial charge in [-0.15, -0.1) is 0 Å². The lowest BCUT2D eigenvalue weighted by Gasteiger charge is -2.34. The topological polar surface area (TPSA) is 94.2 Å². The van der Waals surface area contributed by atoms with Gasteiger partial charge < -0.3 is 24.4 Å². The summed E-state index contributed by atoms with van der Waals surface area (Å²) < 4.78 is 30.3. The first-order chi connectivity index (χ1) is 17.3. The Bertz CT molecular complexity index is 1160. The molecular weight excluding hydrogens is 467 g/mol. The minimum atomic E-state index is -0.790. The highest BCUT2D eigenvalue weighted by Crippen LogP contribution is 2.38. The summed E-state index contributed by atoms with van der Waals surface area (Å²) in [7, 11) is 3.11. The Morgan fingerprint density at radius 2 is 1.83 bits per heavy atom. The number of allylic oxidation sites excluding steroid dienone is 1. The second-order valence-electron chi connectivity index (χ2n) is 8.27. The zero-order valence-corrected chi connectivity index (χ0v) is 20.9. The van der Waals surface area contributed by atoms with Crippen LogP contribution in [-0.4, -0.2) is 56.6 Å². The van der Waals surface area contributed by atoms with E-state index in [9.17, 15) is 18.8 Å². The number of carbonyl (C=O) groups excluding carboxylic acids is 3. The van der Waals surface area contributed by atoms with Crippen molar-refractivity contribution in [2.75, 3.05) is 33.9 Å². The zero-order chi connectivity index (χ0) is 26.2. The Morgan fingerprint density at radius 3 is 2.50 bits per heavy atom. The van der Waals surface area contributed by atoms with Crippen LogP contribution in [0.3, 0.4) is 0 Å². The molecule has 1 atom stereocenters. The second kappa shape index (κ2) is 12.2. The lowest BCUT2D eigenvalue weighted by molar-refractivity contribution is -0.141. The van der Waals surface area contributed by atoms with Gasteiger partial charge in [-0.25, -0.2) is 9.18 Å². The SMILES string of the molecule is CCOC(=O)C1=C(C)N(CC(=O)NCCc2ccc(OC)c(OC)c2)C(=O)CC1c1ccccc1F. The molecule has 2 aromatic rings. The number of nitrogens with one attached hydrogen (secondary N) is 1. The number of amides is 2. The van der Waals surface area contributed by atoms with Gasteiger partial charge in [0.05, 0.1) is 26.4 Å². The highest BCUT2D eigenvalue weighted by Gasteiger charge is 2.38. The third-order valence-electron chi connectivity index (χ3n) is 6.08. The van der Waals surface area contributed by atoms with Gasteiger partial charge in [0.25, 0.3) is 0 Å². The number of methoxy groups -OCH3 is 2. The molecule has 8 nitrogen and oxygen atoms in total. The van der Waals surface area contributed by atoms with Crippen molar-refractivity contribution in [2.45, 2.75) is 32.6 Å². The van der Waals surface area contributed by atoms with E-state index in [2.05, 4.69) is 5.32 Å². The van der Waals surface area contributed by atoms with Gasteiger partial charge in [-0.1, -0.05) is 24.3 Å². The normalized spacial score (nSPS) is 15.5. The zero-order valence-electron chi connectivity index (χ0n) is 20.9. The van der Waals surface area contributed by atoms with Crippen molar-refractivity contribution >= 4 is 17.8 Å². The predicted molar refractivity (Wildman–Crippen MR) is 131 cm³/mol. The number of benzene rings is 2. The molecule has 2 aromatic carbocycles. The Kier molecular flexibility index (Phi) is 9.05. The quantitative estimate of drug-likeness (QED) is 0.505. The van der Waals surface area contributed by atoms with Crippen LogP contribution >= 0.6 is 0 Å². The van der Waals surface area contributed by atoms with Crippen LogP contribution in [0, 0.1) is 5.82 Å². The van der Waals surface area contributed by atoms with Crippen molar-refractivity contribution in [3.05, 3.63) is 70.7 Å². The summed E-state index contributed by atoms with van der Waals surface area (Å²) >= 11 is 0. The number of carbonyl (C=O) groups is 3. The maximum atomic E-state index is 14.5. The van der Waals surface area contributed by atoms with Gasteiger partial charge in [-0.2, -0.15) is 0 Å². The summed E-state index contributed by atoms with van der Waals surface area (Å²) in [6.07, 6.45) is 0.392. The summed E-state index contributed by atoms with van der Waals surface area (Å²) in [5, 5.41) is 2.80. The van der Waals surface area contributed by atoms with Crippen LogP contribution in [0.1, 0.15) is 37.3 Å². The summed E-state index contributed by atoms with van der Waals surface area (Å²) in [6.45, 7) is 3.45. The molecule has 2 amide bonds. The van der Waals surface area contributed by atoms with E-state index >= 15 is 0 Å². The molecule has 36 heavy (non-hydrogen) atoms. The number of rotatable bonds is 10. The van der Waals surface area contributed by atoms with E-state index < -0.39 is 17.7 Å². The highest BCUT2D eigenvalue weighted by atomic mass is 19.1. The molecule has 0 spiro atoms. The number of nitrogens with zero attached hydrogens (tertiary/aromatic N) is 1. The fourth-order valence-corrected chi connectivity index (χ4v) is 4.28. The predicted octanol–water partition coefficient (Wildman–Crippen LogP) is 3.35. The fourth-order valence-electron chi connectivity index (χ4n) is 4.28. The van der Waals surface area contributed by atoms with Crippen LogP contribution in [0.5, 0.6) is 11.5 Å². The van der Waals surface area contributed by atoms with Gasteiger partial charge in [0.1, 0.15) is 12.4 Å². The van der Waals surface area contributed by atoms with E-state index in [4.69, 9.17) is 14.2 Å². The average Bonchev–Trinajstić information content (AvgIpc) is 2.86. The molecule has 0 saturated heterocycles. The van der Waals surface area contributed by atoms with E-state index in [1.165, 1.54) is 11.0 Å². The molecular formula is C27H31FN2O6. The minimum absolute atomic E-state index is 0.129. The molecule has 1 aliphatic heterocycles. The fraction of sp³-hybridized carbons (Fsp3) is 0.370. The number of halogens is 1. The molecule has 1 unspecified atom stereocenters. The molecule has 0 radical (unpaired) electrons. The molecule has 192 valence electrons. The largest absolute Gasteiger partial charge is 0.493 e. The molecule has 0 aromatic heterocycles. The molecule has 0 aliphatic carbocycles. The van der Waals surface area contributed by atoms with Crippen molar-refractivity contribution in [2.24, 2.45) is 0 Å². The van der Waals surface area contributed by atoms with Crippen molar-refractivity contribution < 1.29 is 33.0 Å². The number of hydrogen-bond acceptors (Lipinski definition) is 6. The van der Waals surface area contributed by atoms with Crippen molar-refractivity contribution in [3.8, 4) is 11.5 Å². The molecule has 0 bridgehead atoms. The van der Waals surface area contributed by atoms with Gasteiger partial charge in [0, 0.05) is 24.6 Å². The Hall–Kier alpha value is -3.88. The molecule has 1 aliphatic rings. The van der Waals surface area contributed by atoms with Crippen LogP contribution in [0.15, 0.2) is 53.7 Å².